The maximum atomic E-state index is 14.4. The summed E-state index contributed by atoms with van der Waals surface area (Å²) in [5, 5.41) is 0. The van der Waals surface area contributed by atoms with E-state index in [1.807, 2.05) is 4.90 Å². The molecule has 2 aromatic rings. The second kappa shape index (κ2) is 8.99. The first-order valence-electron chi connectivity index (χ1n) is 9.75. The lowest BCUT2D eigenvalue weighted by molar-refractivity contribution is -0.132. The first-order valence-corrected chi connectivity index (χ1v) is 11.6. The smallest absolute Gasteiger partial charge is 0.246 e. The van der Waals surface area contributed by atoms with E-state index >= 15 is 0 Å². The van der Waals surface area contributed by atoms with Gasteiger partial charge >= 0.3 is 0 Å². The summed E-state index contributed by atoms with van der Waals surface area (Å²) >= 11 is 0. The van der Waals surface area contributed by atoms with Crippen LogP contribution in [-0.2, 0) is 14.8 Å². The summed E-state index contributed by atoms with van der Waals surface area (Å²) in [5.41, 5.74) is 0.727. The average Bonchev–Trinajstić information content (AvgIpc) is 2.72. The van der Waals surface area contributed by atoms with E-state index < -0.39 is 21.9 Å². The molecule has 6 nitrogen and oxygen atoms in total. The molecule has 30 heavy (non-hydrogen) atoms. The van der Waals surface area contributed by atoms with E-state index in [9.17, 15) is 22.0 Å². The molecule has 1 aliphatic heterocycles. The Bertz CT molecular complexity index is 991. The van der Waals surface area contributed by atoms with E-state index in [0.29, 0.717) is 26.2 Å². The molecule has 0 spiro atoms. The molecular formula is C21H25F2N3O3S. The van der Waals surface area contributed by atoms with Crippen LogP contribution < -0.4 is 9.21 Å². The van der Waals surface area contributed by atoms with Gasteiger partial charge in [0, 0.05) is 31.9 Å². The topological polar surface area (TPSA) is 60.9 Å². The summed E-state index contributed by atoms with van der Waals surface area (Å²) in [7, 11) is -3.89. The number of hydrogen-bond donors (Lipinski definition) is 0. The molecule has 1 atom stereocenters. The minimum atomic E-state index is -3.89. The number of piperazine rings is 1. The number of nitrogens with zero attached hydrogens (tertiary/aromatic N) is 3. The molecule has 0 aromatic heterocycles. The molecule has 0 saturated carbocycles. The molecular weight excluding hydrogens is 412 g/mol. The maximum Gasteiger partial charge on any atom is 0.246 e. The van der Waals surface area contributed by atoms with Gasteiger partial charge in [-0.2, -0.15) is 0 Å². The summed E-state index contributed by atoms with van der Waals surface area (Å²) in [6.45, 7) is 3.55. The van der Waals surface area contributed by atoms with Crippen molar-refractivity contribution in [1.82, 2.24) is 4.90 Å². The number of sulfonamides is 1. The largest absolute Gasteiger partial charge is 0.368 e. The van der Waals surface area contributed by atoms with Crippen LogP contribution in [0.2, 0.25) is 0 Å². The number of carbonyl (C=O) groups excluding carboxylic acids is 1. The van der Waals surface area contributed by atoms with Crippen molar-refractivity contribution in [2.45, 2.75) is 19.4 Å². The zero-order valence-electron chi connectivity index (χ0n) is 17.0. The standard InChI is InChI=1S/C21H25F2N3O3S/c1-3-19(26(30(2,28)29)20-7-5-4-6-18(20)23)21(27)25-14-12-24(13-15-25)17-10-8-16(22)9-11-17/h4-11,19H,3,12-15H2,1-2H3/t19-/m0/s1. The van der Waals surface area contributed by atoms with Crippen molar-refractivity contribution in [2.75, 3.05) is 41.6 Å². The van der Waals surface area contributed by atoms with E-state index in [2.05, 4.69) is 0 Å². The van der Waals surface area contributed by atoms with Gasteiger partial charge < -0.3 is 9.80 Å². The van der Waals surface area contributed by atoms with Crippen molar-refractivity contribution in [3.8, 4) is 0 Å². The average molecular weight is 438 g/mol. The van der Waals surface area contributed by atoms with Crippen LogP contribution in [0.4, 0.5) is 20.2 Å². The molecule has 162 valence electrons. The summed E-state index contributed by atoms with van der Waals surface area (Å²) in [6.07, 6.45) is 1.18. The van der Waals surface area contributed by atoms with Crippen LogP contribution in [0.15, 0.2) is 48.5 Å². The first-order chi connectivity index (χ1) is 14.2. The third-order valence-corrected chi connectivity index (χ3v) is 6.35. The molecule has 0 radical (unpaired) electrons. The van der Waals surface area contributed by atoms with E-state index in [-0.39, 0.29) is 23.8 Å². The molecule has 3 rings (SSSR count). The van der Waals surface area contributed by atoms with Crippen LogP contribution in [0, 0.1) is 11.6 Å². The molecule has 1 amide bonds. The highest BCUT2D eigenvalue weighted by molar-refractivity contribution is 7.92. The SMILES string of the molecule is CC[C@@H](C(=O)N1CCN(c2ccc(F)cc2)CC1)N(c1ccccc1F)S(C)(=O)=O. The third kappa shape index (κ3) is 4.72. The van der Waals surface area contributed by atoms with Crippen molar-refractivity contribution >= 4 is 27.3 Å². The minimum Gasteiger partial charge on any atom is -0.368 e. The van der Waals surface area contributed by atoms with E-state index in [0.717, 1.165) is 16.2 Å². The fourth-order valence-electron chi connectivity index (χ4n) is 3.70. The van der Waals surface area contributed by atoms with Crippen molar-refractivity contribution < 1.29 is 22.0 Å². The highest BCUT2D eigenvalue weighted by Crippen LogP contribution is 2.27. The fourth-order valence-corrected chi connectivity index (χ4v) is 4.90. The van der Waals surface area contributed by atoms with Crippen LogP contribution in [0.1, 0.15) is 13.3 Å². The Kier molecular flexibility index (Phi) is 6.60. The van der Waals surface area contributed by atoms with Gasteiger partial charge in [-0.05, 0) is 42.8 Å². The molecule has 1 heterocycles. The molecule has 0 aliphatic carbocycles. The van der Waals surface area contributed by atoms with E-state index in [1.54, 1.807) is 24.0 Å². The van der Waals surface area contributed by atoms with Crippen molar-refractivity contribution in [1.29, 1.82) is 0 Å². The zero-order chi connectivity index (χ0) is 21.9. The quantitative estimate of drug-likeness (QED) is 0.697. The van der Waals surface area contributed by atoms with E-state index in [1.165, 1.54) is 36.4 Å². The zero-order valence-corrected chi connectivity index (χ0v) is 17.8. The molecule has 0 bridgehead atoms. The number of halogens is 2. The molecule has 0 N–H and O–H groups in total. The van der Waals surface area contributed by atoms with Crippen LogP contribution in [0.5, 0.6) is 0 Å². The maximum absolute atomic E-state index is 14.4. The highest BCUT2D eigenvalue weighted by atomic mass is 32.2. The van der Waals surface area contributed by atoms with Gasteiger partial charge in [-0.1, -0.05) is 19.1 Å². The van der Waals surface area contributed by atoms with Gasteiger partial charge in [0.25, 0.3) is 0 Å². The van der Waals surface area contributed by atoms with Crippen LogP contribution in [0.25, 0.3) is 0 Å². The van der Waals surface area contributed by atoms with Crippen molar-refractivity contribution in [3.63, 3.8) is 0 Å². The minimum absolute atomic E-state index is 0.134. The van der Waals surface area contributed by atoms with Crippen LogP contribution >= 0.6 is 0 Å². The predicted octanol–water partition coefficient (Wildman–Crippen LogP) is 2.86. The summed E-state index contributed by atoms with van der Waals surface area (Å²) in [5.74, 6) is -1.37. The third-order valence-electron chi connectivity index (χ3n) is 5.19. The molecule has 1 aliphatic rings. The Morgan fingerprint density at radius 2 is 1.63 bits per heavy atom. The second-order valence-corrected chi connectivity index (χ2v) is 9.08. The summed E-state index contributed by atoms with van der Waals surface area (Å²) in [6, 6.07) is 10.7. The van der Waals surface area contributed by atoms with Crippen LogP contribution in [-0.4, -0.2) is 57.7 Å². The Labute approximate surface area is 175 Å². The van der Waals surface area contributed by atoms with Gasteiger partial charge in [-0.15, -0.1) is 0 Å². The molecule has 1 fully saturated rings. The van der Waals surface area contributed by atoms with Crippen LogP contribution in [0.3, 0.4) is 0 Å². The van der Waals surface area contributed by atoms with Gasteiger partial charge in [0.15, 0.2) is 0 Å². The molecule has 1 saturated heterocycles. The number of benzene rings is 2. The Balaban J connectivity index is 1.78. The Hall–Kier alpha value is -2.68. The molecule has 2 aromatic carbocycles. The number of para-hydroxylation sites is 1. The van der Waals surface area contributed by atoms with Gasteiger partial charge in [0.2, 0.25) is 15.9 Å². The number of anilines is 2. The lowest BCUT2D eigenvalue weighted by atomic mass is 10.1. The normalized spacial score (nSPS) is 15.7. The molecule has 9 heteroatoms. The predicted molar refractivity (Wildman–Crippen MR) is 113 cm³/mol. The monoisotopic (exact) mass is 437 g/mol. The van der Waals surface area contributed by atoms with Gasteiger partial charge in [-0.3, -0.25) is 9.10 Å². The van der Waals surface area contributed by atoms with Gasteiger partial charge in [0.05, 0.1) is 11.9 Å². The summed E-state index contributed by atoms with van der Waals surface area (Å²) < 4.78 is 53.4. The van der Waals surface area contributed by atoms with Crippen molar-refractivity contribution in [2.24, 2.45) is 0 Å². The second-order valence-electron chi connectivity index (χ2n) is 7.22. The van der Waals surface area contributed by atoms with Gasteiger partial charge in [-0.25, -0.2) is 17.2 Å². The highest BCUT2D eigenvalue weighted by Gasteiger charge is 2.36. The number of amides is 1. The summed E-state index contributed by atoms with van der Waals surface area (Å²) in [4.78, 5) is 16.9. The number of rotatable bonds is 6. The van der Waals surface area contributed by atoms with Gasteiger partial charge in [0.1, 0.15) is 17.7 Å². The fraction of sp³-hybridized carbons (Fsp3) is 0.381. The Morgan fingerprint density at radius 3 is 2.17 bits per heavy atom. The number of carbonyl (C=O) groups is 1. The lowest BCUT2D eigenvalue weighted by Gasteiger charge is -2.39. The number of hydrogen-bond acceptors (Lipinski definition) is 4. The Morgan fingerprint density at radius 1 is 1.03 bits per heavy atom. The first kappa shape index (κ1) is 22.0. The lowest BCUT2D eigenvalue weighted by Crippen LogP contribution is -2.56. The molecule has 0 unspecified atom stereocenters. The van der Waals surface area contributed by atoms with Crippen molar-refractivity contribution in [3.05, 3.63) is 60.2 Å². The van der Waals surface area contributed by atoms with E-state index in [4.69, 9.17) is 0 Å².